The molecule has 3 heterocycles. The number of aromatic nitrogens is 4. The van der Waals surface area contributed by atoms with Crippen LogP contribution in [0.1, 0.15) is 26.3 Å². The van der Waals surface area contributed by atoms with Crippen LogP contribution in [-0.4, -0.2) is 41.6 Å². The molecule has 0 atom stereocenters. The minimum atomic E-state index is -1.83. The van der Waals surface area contributed by atoms with Crippen LogP contribution in [0, 0.1) is 0 Å². The van der Waals surface area contributed by atoms with Crippen molar-refractivity contribution in [1.29, 1.82) is 0 Å². The van der Waals surface area contributed by atoms with Crippen molar-refractivity contribution in [2.75, 3.05) is 18.1 Å². The molecule has 3 aromatic heterocycles. The van der Waals surface area contributed by atoms with Crippen molar-refractivity contribution in [3.05, 3.63) is 90.8 Å². The fourth-order valence-electron chi connectivity index (χ4n) is 4.41. The molecule has 0 unspecified atom stereocenters. The third kappa shape index (κ3) is 5.44. The van der Waals surface area contributed by atoms with Crippen molar-refractivity contribution < 1.29 is 4.43 Å². The normalized spacial score (nSPS) is 12.2. The SMILES string of the molecule is CC(C)(C)[Si](C)(C)OCCN(Cc1ccccc1)c1ccc2c(-c3[nH]ncc3-c3ccccc3)c[nH]c2n1. The van der Waals surface area contributed by atoms with E-state index in [-0.39, 0.29) is 5.04 Å². The Morgan fingerprint density at radius 1 is 0.895 bits per heavy atom. The van der Waals surface area contributed by atoms with Gasteiger partial charge in [-0.3, -0.25) is 5.10 Å². The molecule has 0 bridgehead atoms. The third-order valence-corrected chi connectivity index (χ3v) is 12.2. The fraction of sp³-hybridized carbons (Fsp3) is 0.290. The maximum absolute atomic E-state index is 6.53. The molecular weight excluding hydrogens is 486 g/mol. The fourth-order valence-corrected chi connectivity index (χ4v) is 5.45. The Morgan fingerprint density at radius 2 is 1.61 bits per heavy atom. The Labute approximate surface area is 226 Å². The van der Waals surface area contributed by atoms with Crippen LogP contribution in [0.5, 0.6) is 0 Å². The highest BCUT2D eigenvalue weighted by molar-refractivity contribution is 6.74. The van der Waals surface area contributed by atoms with E-state index in [9.17, 15) is 0 Å². The molecule has 2 N–H and O–H groups in total. The molecule has 0 fully saturated rings. The molecule has 0 saturated heterocycles. The highest BCUT2D eigenvalue weighted by atomic mass is 28.4. The smallest absolute Gasteiger partial charge is 0.192 e. The summed E-state index contributed by atoms with van der Waals surface area (Å²) in [6.45, 7) is 13.7. The van der Waals surface area contributed by atoms with E-state index in [1.165, 1.54) is 5.56 Å². The van der Waals surface area contributed by atoms with Gasteiger partial charge in [0.05, 0.1) is 18.5 Å². The quantitative estimate of drug-likeness (QED) is 0.195. The molecule has 0 amide bonds. The maximum atomic E-state index is 6.53. The van der Waals surface area contributed by atoms with Crippen molar-refractivity contribution in [3.63, 3.8) is 0 Å². The Kier molecular flexibility index (Phi) is 7.23. The van der Waals surface area contributed by atoms with Crippen molar-refractivity contribution in [1.82, 2.24) is 20.2 Å². The number of nitrogens with zero attached hydrogens (tertiary/aromatic N) is 3. The molecule has 0 aliphatic heterocycles. The van der Waals surface area contributed by atoms with E-state index >= 15 is 0 Å². The molecular formula is C31H37N5OSi. The Hall–Kier alpha value is -3.68. The summed E-state index contributed by atoms with van der Waals surface area (Å²) in [7, 11) is -1.83. The zero-order valence-electron chi connectivity index (χ0n) is 23.0. The molecule has 38 heavy (non-hydrogen) atoms. The number of hydrogen-bond donors (Lipinski definition) is 2. The van der Waals surface area contributed by atoms with Gasteiger partial charge in [-0.25, -0.2) is 4.98 Å². The number of fused-ring (bicyclic) bond motifs is 1. The first-order valence-corrected chi connectivity index (χ1v) is 16.1. The second kappa shape index (κ2) is 10.6. The topological polar surface area (TPSA) is 69.8 Å². The molecule has 5 rings (SSSR count). The lowest BCUT2D eigenvalue weighted by Crippen LogP contribution is -2.42. The summed E-state index contributed by atoms with van der Waals surface area (Å²) in [4.78, 5) is 10.8. The van der Waals surface area contributed by atoms with Crippen LogP contribution in [0.3, 0.4) is 0 Å². The highest BCUT2D eigenvalue weighted by Crippen LogP contribution is 2.37. The lowest BCUT2D eigenvalue weighted by molar-refractivity contribution is 0.293. The molecule has 0 aliphatic carbocycles. The van der Waals surface area contributed by atoms with Gasteiger partial charge < -0.3 is 14.3 Å². The van der Waals surface area contributed by atoms with E-state index in [0.717, 1.165) is 52.3 Å². The first-order chi connectivity index (χ1) is 18.2. The number of hydrogen-bond acceptors (Lipinski definition) is 4. The van der Waals surface area contributed by atoms with E-state index in [4.69, 9.17) is 9.41 Å². The van der Waals surface area contributed by atoms with Gasteiger partial charge in [0, 0.05) is 35.8 Å². The monoisotopic (exact) mass is 523 g/mol. The van der Waals surface area contributed by atoms with Gasteiger partial charge >= 0.3 is 0 Å². The second-order valence-corrected chi connectivity index (χ2v) is 16.1. The van der Waals surface area contributed by atoms with Crippen LogP contribution >= 0.6 is 0 Å². The molecule has 0 radical (unpaired) electrons. The van der Waals surface area contributed by atoms with E-state index in [1.54, 1.807) is 0 Å². The average Bonchev–Trinajstić information content (AvgIpc) is 3.55. The van der Waals surface area contributed by atoms with Gasteiger partial charge in [0.25, 0.3) is 0 Å². The highest BCUT2D eigenvalue weighted by Gasteiger charge is 2.37. The summed E-state index contributed by atoms with van der Waals surface area (Å²) >= 11 is 0. The Morgan fingerprint density at radius 3 is 2.32 bits per heavy atom. The van der Waals surface area contributed by atoms with Gasteiger partial charge in [-0.2, -0.15) is 5.10 Å². The minimum Gasteiger partial charge on any atom is -0.415 e. The molecule has 7 heteroatoms. The van der Waals surface area contributed by atoms with Crippen LogP contribution in [0.15, 0.2) is 85.2 Å². The summed E-state index contributed by atoms with van der Waals surface area (Å²) < 4.78 is 6.53. The number of H-pyrrole nitrogens is 2. The number of nitrogens with one attached hydrogen (secondary N) is 2. The van der Waals surface area contributed by atoms with Gasteiger partial charge in [0.1, 0.15) is 11.5 Å². The van der Waals surface area contributed by atoms with Crippen molar-refractivity contribution in [2.24, 2.45) is 0 Å². The van der Waals surface area contributed by atoms with Crippen molar-refractivity contribution in [2.45, 2.75) is 45.4 Å². The van der Waals surface area contributed by atoms with Crippen LogP contribution in [0.25, 0.3) is 33.4 Å². The van der Waals surface area contributed by atoms with Crippen LogP contribution in [0.2, 0.25) is 18.1 Å². The van der Waals surface area contributed by atoms with Gasteiger partial charge in [0.15, 0.2) is 8.32 Å². The van der Waals surface area contributed by atoms with Crippen LogP contribution in [0.4, 0.5) is 5.82 Å². The predicted molar refractivity (Wildman–Crippen MR) is 160 cm³/mol. The lowest BCUT2D eigenvalue weighted by atomic mass is 10.0. The van der Waals surface area contributed by atoms with Gasteiger partial charge in [-0.15, -0.1) is 0 Å². The number of aromatic amines is 2. The largest absolute Gasteiger partial charge is 0.415 e. The van der Waals surface area contributed by atoms with E-state index in [1.807, 2.05) is 30.6 Å². The van der Waals surface area contributed by atoms with Crippen molar-refractivity contribution in [3.8, 4) is 22.4 Å². The Balaban J connectivity index is 1.43. The minimum absolute atomic E-state index is 0.181. The van der Waals surface area contributed by atoms with Gasteiger partial charge in [0.2, 0.25) is 0 Å². The average molecular weight is 524 g/mol. The summed E-state index contributed by atoms with van der Waals surface area (Å²) in [5.74, 6) is 0.932. The number of benzene rings is 2. The molecule has 5 aromatic rings. The number of rotatable bonds is 9. The summed E-state index contributed by atoms with van der Waals surface area (Å²) in [5.41, 5.74) is 6.36. The van der Waals surface area contributed by atoms with Crippen LogP contribution in [-0.2, 0) is 11.0 Å². The lowest BCUT2D eigenvalue weighted by Gasteiger charge is -2.37. The first-order valence-electron chi connectivity index (χ1n) is 13.2. The van der Waals surface area contributed by atoms with Crippen LogP contribution < -0.4 is 4.90 Å². The molecule has 6 nitrogen and oxygen atoms in total. The first kappa shape index (κ1) is 25.9. The molecule has 2 aromatic carbocycles. The zero-order chi connectivity index (χ0) is 26.8. The molecule has 0 aliphatic rings. The zero-order valence-corrected chi connectivity index (χ0v) is 24.0. The second-order valence-electron chi connectivity index (χ2n) is 11.3. The summed E-state index contributed by atoms with van der Waals surface area (Å²) in [6, 6.07) is 25.2. The molecule has 196 valence electrons. The molecule has 0 saturated carbocycles. The summed E-state index contributed by atoms with van der Waals surface area (Å²) in [6.07, 6.45) is 3.90. The van der Waals surface area contributed by atoms with Crippen molar-refractivity contribution >= 4 is 25.2 Å². The van der Waals surface area contributed by atoms with E-state index in [0.29, 0.717) is 6.61 Å². The molecule has 0 spiro atoms. The summed E-state index contributed by atoms with van der Waals surface area (Å²) in [5, 5.41) is 8.79. The van der Waals surface area contributed by atoms with E-state index in [2.05, 4.69) is 109 Å². The number of pyridine rings is 1. The van der Waals surface area contributed by atoms with E-state index < -0.39 is 8.32 Å². The van der Waals surface area contributed by atoms with Gasteiger partial charge in [-0.1, -0.05) is 81.4 Å². The Bertz CT molecular complexity index is 1490. The van der Waals surface area contributed by atoms with Gasteiger partial charge in [-0.05, 0) is 41.4 Å². The third-order valence-electron chi connectivity index (χ3n) is 7.69. The standard InChI is InChI=1S/C31H37N5OSi/c1-31(2,3)38(4,5)37-19-18-36(22-23-12-8-6-9-13-23)28-17-16-25-27(20-32-30(25)34-28)29-26(21-33-35-29)24-14-10-7-11-15-24/h6-17,20-21H,18-19,22H2,1-5H3,(H,32,34)(H,33,35). The maximum Gasteiger partial charge on any atom is 0.192 e. The predicted octanol–water partition coefficient (Wildman–Crippen LogP) is 7.65. The number of anilines is 1.